The van der Waals surface area contributed by atoms with E-state index in [1.54, 1.807) is 11.1 Å². The molecule has 0 atom stereocenters. The lowest BCUT2D eigenvalue weighted by atomic mass is 9.82. The van der Waals surface area contributed by atoms with Crippen molar-refractivity contribution in [3.05, 3.63) is 60.4 Å². The predicted octanol–water partition coefficient (Wildman–Crippen LogP) is 5.95. The summed E-state index contributed by atoms with van der Waals surface area (Å²) in [4.78, 5) is 31.7. The maximum Gasteiger partial charge on any atom is 0.341 e. The first-order valence-electron chi connectivity index (χ1n) is 12.4. The third-order valence-electron chi connectivity index (χ3n) is 6.96. The molecule has 8 nitrogen and oxygen atoms in total. The number of benzene rings is 1. The Labute approximate surface area is 209 Å². The number of carbonyl (C=O) groups is 2. The number of para-hydroxylation sites is 1. The second-order valence-corrected chi connectivity index (χ2v) is 9.93. The first-order valence-corrected chi connectivity index (χ1v) is 12.4. The van der Waals surface area contributed by atoms with Crippen LogP contribution in [0.2, 0.25) is 0 Å². The van der Waals surface area contributed by atoms with Crippen molar-refractivity contribution in [2.24, 2.45) is 11.8 Å². The molecule has 1 aliphatic carbocycles. The molecule has 0 radical (unpaired) electrons. The van der Waals surface area contributed by atoms with Crippen LogP contribution in [0.1, 0.15) is 56.8 Å². The summed E-state index contributed by atoms with van der Waals surface area (Å²) in [6, 6.07) is 13.1. The Morgan fingerprint density at radius 1 is 1.11 bits per heavy atom. The number of fused-ring (bicyclic) bond motifs is 1. The molecule has 1 amide bonds. The third-order valence-corrected chi connectivity index (χ3v) is 6.96. The number of hydrogen-bond acceptors (Lipinski definition) is 5. The van der Waals surface area contributed by atoms with E-state index < -0.39 is 5.97 Å². The molecule has 1 fully saturated rings. The minimum absolute atomic E-state index is 0.0115. The zero-order chi connectivity index (χ0) is 25.4. The Morgan fingerprint density at radius 2 is 1.86 bits per heavy atom. The van der Waals surface area contributed by atoms with Gasteiger partial charge in [-0.15, -0.1) is 5.10 Å². The van der Waals surface area contributed by atoms with Crippen LogP contribution in [-0.4, -0.2) is 37.8 Å². The SMILES string of the molecule is CC(C)N(c1nn(-c2ccc(-c3cc4ccccc4o3)nc2)cc1C(=O)O)C(=O)[C@H]1CC[C@H](C)CC1. The zero-order valence-electron chi connectivity index (χ0n) is 20.7. The normalized spacial score (nSPS) is 18.0. The highest BCUT2D eigenvalue weighted by atomic mass is 16.4. The predicted molar refractivity (Wildman–Crippen MR) is 137 cm³/mol. The molecule has 1 aromatic carbocycles. The Morgan fingerprint density at radius 3 is 2.50 bits per heavy atom. The van der Waals surface area contributed by atoms with Crippen LogP contribution in [0.15, 0.2) is 59.3 Å². The van der Waals surface area contributed by atoms with E-state index in [0.29, 0.717) is 23.1 Å². The van der Waals surface area contributed by atoms with Gasteiger partial charge in [0.1, 0.15) is 16.8 Å². The van der Waals surface area contributed by atoms with Gasteiger partial charge in [0, 0.05) is 23.5 Å². The summed E-state index contributed by atoms with van der Waals surface area (Å²) in [5, 5.41) is 15.5. The summed E-state index contributed by atoms with van der Waals surface area (Å²) >= 11 is 0. The van der Waals surface area contributed by atoms with Gasteiger partial charge in [0.15, 0.2) is 11.6 Å². The van der Waals surface area contributed by atoms with E-state index in [4.69, 9.17) is 4.42 Å². The molecule has 186 valence electrons. The summed E-state index contributed by atoms with van der Waals surface area (Å²) < 4.78 is 7.37. The fraction of sp³-hybridized carbons (Fsp3) is 0.357. The topological polar surface area (TPSA) is 101 Å². The Kier molecular flexibility index (Phi) is 6.35. The molecule has 0 unspecified atom stereocenters. The number of aromatic carboxylic acids is 1. The van der Waals surface area contributed by atoms with Crippen LogP contribution in [0.4, 0.5) is 5.82 Å². The number of hydrogen-bond donors (Lipinski definition) is 1. The van der Waals surface area contributed by atoms with Crippen LogP contribution in [-0.2, 0) is 4.79 Å². The number of amides is 1. The molecule has 3 heterocycles. The Balaban J connectivity index is 1.46. The molecular weight excluding hydrogens is 456 g/mol. The smallest absolute Gasteiger partial charge is 0.341 e. The van der Waals surface area contributed by atoms with E-state index in [9.17, 15) is 14.7 Å². The lowest BCUT2D eigenvalue weighted by Crippen LogP contribution is -2.43. The van der Waals surface area contributed by atoms with Gasteiger partial charge >= 0.3 is 5.97 Å². The van der Waals surface area contributed by atoms with Gasteiger partial charge < -0.3 is 9.52 Å². The van der Waals surface area contributed by atoms with E-state index in [2.05, 4.69) is 17.0 Å². The molecule has 3 aromatic heterocycles. The number of furan rings is 1. The van der Waals surface area contributed by atoms with Gasteiger partial charge in [0.05, 0.1) is 11.9 Å². The molecular formula is C28H30N4O4. The number of rotatable bonds is 6. The first kappa shape index (κ1) is 23.8. The largest absolute Gasteiger partial charge is 0.477 e. The number of carbonyl (C=O) groups excluding carboxylic acids is 1. The molecule has 5 rings (SSSR count). The van der Waals surface area contributed by atoms with Crippen LogP contribution < -0.4 is 4.90 Å². The van der Waals surface area contributed by atoms with Crippen molar-refractivity contribution in [3.63, 3.8) is 0 Å². The fourth-order valence-corrected chi connectivity index (χ4v) is 4.91. The van der Waals surface area contributed by atoms with Gasteiger partial charge in [-0.25, -0.2) is 9.48 Å². The fourth-order valence-electron chi connectivity index (χ4n) is 4.91. The van der Waals surface area contributed by atoms with Crippen LogP contribution in [0, 0.1) is 11.8 Å². The van der Waals surface area contributed by atoms with Gasteiger partial charge in [-0.3, -0.25) is 14.7 Å². The first-order chi connectivity index (χ1) is 17.3. The van der Waals surface area contributed by atoms with Crippen molar-refractivity contribution in [1.29, 1.82) is 0 Å². The minimum Gasteiger partial charge on any atom is -0.477 e. The number of carboxylic acids is 1. The van der Waals surface area contributed by atoms with Crippen molar-refractivity contribution < 1.29 is 19.1 Å². The lowest BCUT2D eigenvalue weighted by molar-refractivity contribution is -0.124. The second kappa shape index (κ2) is 9.60. The number of carboxylic acid groups (broad SMARTS) is 1. The monoisotopic (exact) mass is 486 g/mol. The van der Waals surface area contributed by atoms with E-state index in [1.165, 1.54) is 10.9 Å². The van der Waals surface area contributed by atoms with E-state index in [1.807, 2.05) is 56.3 Å². The maximum absolute atomic E-state index is 13.5. The quantitative estimate of drug-likeness (QED) is 0.362. The molecule has 1 aliphatic rings. The van der Waals surface area contributed by atoms with Gasteiger partial charge in [0.25, 0.3) is 0 Å². The van der Waals surface area contributed by atoms with Crippen LogP contribution in [0.5, 0.6) is 0 Å². The average molecular weight is 487 g/mol. The summed E-state index contributed by atoms with van der Waals surface area (Å²) in [6.45, 7) is 5.98. The number of nitrogens with zero attached hydrogens (tertiary/aromatic N) is 4. The highest BCUT2D eigenvalue weighted by Gasteiger charge is 2.34. The van der Waals surface area contributed by atoms with Crippen LogP contribution in [0.3, 0.4) is 0 Å². The second-order valence-electron chi connectivity index (χ2n) is 9.93. The highest BCUT2D eigenvalue weighted by molar-refractivity contribution is 6.01. The molecule has 0 spiro atoms. The molecule has 1 N–H and O–H groups in total. The van der Waals surface area contributed by atoms with E-state index >= 15 is 0 Å². The summed E-state index contributed by atoms with van der Waals surface area (Å²) in [6.07, 6.45) is 6.72. The molecule has 0 aliphatic heterocycles. The van der Waals surface area contributed by atoms with Gasteiger partial charge in [0.2, 0.25) is 5.91 Å². The molecule has 36 heavy (non-hydrogen) atoms. The Hall–Kier alpha value is -3.94. The summed E-state index contributed by atoms with van der Waals surface area (Å²) in [5.41, 5.74) is 2.02. The molecule has 0 saturated heterocycles. The maximum atomic E-state index is 13.5. The number of aromatic nitrogens is 3. The van der Waals surface area contributed by atoms with Crippen molar-refractivity contribution in [2.75, 3.05) is 4.90 Å². The number of anilines is 1. The standard InChI is InChI=1S/C28H30N4O4/c1-17(2)32(27(33)19-10-8-18(3)9-11-19)26-22(28(34)35)16-31(30-26)21-12-13-23(29-15-21)25-14-20-6-4-5-7-24(20)36-25/h4-7,12-19H,8-11H2,1-3H3,(H,34,35)/t18-,19-. The third kappa shape index (κ3) is 4.51. The van der Waals surface area contributed by atoms with Gasteiger partial charge in [-0.05, 0) is 69.7 Å². The van der Waals surface area contributed by atoms with E-state index in [0.717, 1.165) is 36.7 Å². The molecule has 1 saturated carbocycles. The lowest BCUT2D eigenvalue weighted by Gasteiger charge is -2.32. The average Bonchev–Trinajstić information content (AvgIpc) is 3.49. The van der Waals surface area contributed by atoms with E-state index in [-0.39, 0.29) is 29.2 Å². The molecule has 0 bridgehead atoms. The van der Waals surface area contributed by atoms with Gasteiger partial charge in [-0.1, -0.05) is 25.1 Å². The van der Waals surface area contributed by atoms with Crippen LogP contribution in [0.25, 0.3) is 28.1 Å². The van der Waals surface area contributed by atoms with Crippen molar-refractivity contribution in [2.45, 2.75) is 52.5 Å². The summed E-state index contributed by atoms with van der Waals surface area (Å²) in [5.74, 6) is 0.142. The molecule has 4 aromatic rings. The summed E-state index contributed by atoms with van der Waals surface area (Å²) in [7, 11) is 0. The zero-order valence-corrected chi connectivity index (χ0v) is 20.7. The number of pyridine rings is 1. The Bertz CT molecular complexity index is 1360. The minimum atomic E-state index is -1.13. The van der Waals surface area contributed by atoms with Crippen molar-refractivity contribution >= 4 is 28.7 Å². The highest BCUT2D eigenvalue weighted by Crippen LogP contribution is 2.33. The van der Waals surface area contributed by atoms with Gasteiger partial charge in [-0.2, -0.15) is 0 Å². The van der Waals surface area contributed by atoms with Crippen molar-refractivity contribution in [1.82, 2.24) is 14.8 Å². The van der Waals surface area contributed by atoms with Crippen LogP contribution >= 0.6 is 0 Å². The van der Waals surface area contributed by atoms with Crippen molar-refractivity contribution in [3.8, 4) is 17.1 Å². The molecule has 8 heteroatoms.